The van der Waals surface area contributed by atoms with Crippen LogP contribution in [0.4, 0.5) is 0 Å². The van der Waals surface area contributed by atoms with Gasteiger partial charge in [-0.15, -0.1) is 0 Å². The molecule has 1 N–H and O–H groups in total. The number of amides is 1. The Bertz CT molecular complexity index is 397. The van der Waals surface area contributed by atoms with Crippen LogP contribution in [0.15, 0.2) is 18.2 Å². The summed E-state index contributed by atoms with van der Waals surface area (Å²) in [5.74, 6) is 0.773. The fourth-order valence-electron chi connectivity index (χ4n) is 1.52. The van der Waals surface area contributed by atoms with Crippen molar-refractivity contribution in [1.82, 2.24) is 5.32 Å². The SMILES string of the molecule is Cc1cccc(OCC(=O)NC2CC2)c1C. The molecule has 1 aromatic rings. The maximum absolute atomic E-state index is 11.4. The molecule has 3 nitrogen and oxygen atoms in total. The summed E-state index contributed by atoms with van der Waals surface area (Å²) in [6, 6.07) is 6.27. The van der Waals surface area contributed by atoms with Gasteiger partial charge in [-0.05, 0) is 43.9 Å². The molecule has 0 unspecified atom stereocenters. The van der Waals surface area contributed by atoms with Gasteiger partial charge in [0, 0.05) is 6.04 Å². The van der Waals surface area contributed by atoms with Crippen molar-refractivity contribution < 1.29 is 9.53 Å². The molecule has 16 heavy (non-hydrogen) atoms. The van der Waals surface area contributed by atoms with E-state index in [1.165, 1.54) is 5.56 Å². The Morgan fingerprint density at radius 3 is 2.88 bits per heavy atom. The quantitative estimate of drug-likeness (QED) is 0.840. The van der Waals surface area contributed by atoms with E-state index < -0.39 is 0 Å². The molecule has 3 heteroatoms. The fraction of sp³-hybridized carbons (Fsp3) is 0.462. The van der Waals surface area contributed by atoms with Crippen molar-refractivity contribution in [3.63, 3.8) is 0 Å². The van der Waals surface area contributed by atoms with Gasteiger partial charge in [-0.25, -0.2) is 0 Å². The van der Waals surface area contributed by atoms with E-state index in [-0.39, 0.29) is 12.5 Å². The van der Waals surface area contributed by atoms with Crippen LogP contribution in [-0.2, 0) is 4.79 Å². The van der Waals surface area contributed by atoms with Crippen LogP contribution in [0, 0.1) is 13.8 Å². The molecule has 1 aliphatic carbocycles. The Morgan fingerprint density at radius 2 is 2.19 bits per heavy atom. The van der Waals surface area contributed by atoms with Gasteiger partial charge in [-0.1, -0.05) is 12.1 Å². The number of hydrogen-bond donors (Lipinski definition) is 1. The third-order valence-corrected chi connectivity index (χ3v) is 2.86. The number of carbonyl (C=O) groups excluding carboxylic acids is 1. The van der Waals surface area contributed by atoms with E-state index in [1.807, 2.05) is 32.0 Å². The average Bonchev–Trinajstić information content (AvgIpc) is 3.04. The van der Waals surface area contributed by atoms with Crippen molar-refractivity contribution in [2.24, 2.45) is 0 Å². The normalized spacial score (nSPS) is 14.6. The molecule has 0 spiro atoms. The first-order chi connectivity index (χ1) is 7.66. The van der Waals surface area contributed by atoms with E-state index in [4.69, 9.17) is 4.74 Å². The predicted molar refractivity (Wildman–Crippen MR) is 62.6 cm³/mol. The molecule has 0 heterocycles. The summed E-state index contributed by atoms with van der Waals surface area (Å²) in [5, 5.41) is 2.89. The third-order valence-electron chi connectivity index (χ3n) is 2.86. The predicted octanol–water partition coefficient (Wildman–Crippen LogP) is 1.96. The highest BCUT2D eigenvalue weighted by Gasteiger charge is 2.23. The second kappa shape index (κ2) is 4.56. The standard InChI is InChI=1S/C13H17NO2/c1-9-4-3-5-12(10(9)2)16-8-13(15)14-11-6-7-11/h3-5,11H,6-8H2,1-2H3,(H,14,15). The van der Waals surface area contributed by atoms with Gasteiger partial charge in [0.2, 0.25) is 0 Å². The number of nitrogens with one attached hydrogen (secondary N) is 1. The Hall–Kier alpha value is -1.51. The minimum absolute atomic E-state index is 0.0246. The Morgan fingerprint density at radius 1 is 1.44 bits per heavy atom. The summed E-state index contributed by atoms with van der Waals surface area (Å²) in [4.78, 5) is 11.4. The summed E-state index contributed by atoms with van der Waals surface area (Å²) in [7, 11) is 0. The monoisotopic (exact) mass is 219 g/mol. The van der Waals surface area contributed by atoms with Crippen molar-refractivity contribution in [3.8, 4) is 5.75 Å². The van der Waals surface area contributed by atoms with Crippen LogP contribution in [0.1, 0.15) is 24.0 Å². The minimum atomic E-state index is -0.0246. The van der Waals surface area contributed by atoms with Crippen LogP contribution in [0.3, 0.4) is 0 Å². The molecule has 0 aromatic heterocycles. The first kappa shape index (κ1) is 11.0. The summed E-state index contributed by atoms with van der Waals surface area (Å²) in [6.45, 7) is 4.15. The Balaban J connectivity index is 1.88. The maximum Gasteiger partial charge on any atom is 0.258 e. The highest BCUT2D eigenvalue weighted by atomic mass is 16.5. The number of hydrogen-bond acceptors (Lipinski definition) is 2. The Labute approximate surface area is 95.8 Å². The van der Waals surface area contributed by atoms with Crippen LogP contribution >= 0.6 is 0 Å². The van der Waals surface area contributed by atoms with Crippen molar-refractivity contribution in [1.29, 1.82) is 0 Å². The number of aryl methyl sites for hydroxylation is 1. The lowest BCUT2D eigenvalue weighted by molar-refractivity contribution is -0.123. The molecule has 0 saturated heterocycles. The van der Waals surface area contributed by atoms with Crippen LogP contribution in [0.2, 0.25) is 0 Å². The molecule has 2 rings (SSSR count). The molecule has 1 aliphatic rings. The van der Waals surface area contributed by atoms with Gasteiger partial charge in [-0.3, -0.25) is 4.79 Å². The maximum atomic E-state index is 11.4. The number of carbonyl (C=O) groups is 1. The van der Waals surface area contributed by atoms with Gasteiger partial charge in [0.25, 0.3) is 5.91 Å². The second-order valence-corrected chi connectivity index (χ2v) is 4.33. The first-order valence-corrected chi connectivity index (χ1v) is 5.65. The van der Waals surface area contributed by atoms with E-state index >= 15 is 0 Å². The topological polar surface area (TPSA) is 38.3 Å². The van der Waals surface area contributed by atoms with E-state index in [1.54, 1.807) is 0 Å². The van der Waals surface area contributed by atoms with E-state index in [9.17, 15) is 4.79 Å². The lowest BCUT2D eigenvalue weighted by Crippen LogP contribution is -2.30. The van der Waals surface area contributed by atoms with Crippen LogP contribution in [-0.4, -0.2) is 18.6 Å². The van der Waals surface area contributed by atoms with Crippen LogP contribution in [0.5, 0.6) is 5.75 Å². The van der Waals surface area contributed by atoms with Crippen molar-refractivity contribution in [2.45, 2.75) is 32.7 Å². The molecule has 1 fully saturated rings. The molecule has 86 valence electrons. The molecule has 1 aromatic carbocycles. The lowest BCUT2D eigenvalue weighted by Gasteiger charge is -2.10. The fourth-order valence-corrected chi connectivity index (χ4v) is 1.52. The smallest absolute Gasteiger partial charge is 0.258 e. The van der Waals surface area contributed by atoms with Gasteiger partial charge in [0.15, 0.2) is 6.61 Å². The molecular formula is C13H17NO2. The molecule has 0 aliphatic heterocycles. The first-order valence-electron chi connectivity index (χ1n) is 5.65. The summed E-state index contributed by atoms with van der Waals surface area (Å²) >= 11 is 0. The van der Waals surface area contributed by atoms with Crippen molar-refractivity contribution in [3.05, 3.63) is 29.3 Å². The second-order valence-electron chi connectivity index (χ2n) is 4.33. The molecule has 0 atom stereocenters. The number of ether oxygens (including phenoxy) is 1. The van der Waals surface area contributed by atoms with Gasteiger partial charge in [0.05, 0.1) is 0 Å². The number of benzene rings is 1. The highest BCUT2D eigenvalue weighted by molar-refractivity contribution is 5.78. The van der Waals surface area contributed by atoms with Gasteiger partial charge in [0.1, 0.15) is 5.75 Å². The number of rotatable bonds is 4. The van der Waals surface area contributed by atoms with Gasteiger partial charge >= 0.3 is 0 Å². The average molecular weight is 219 g/mol. The minimum Gasteiger partial charge on any atom is -0.483 e. The highest BCUT2D eigenvalue weighted by Crippen LogP contribution is 2.21. The summed E-state index contributed by atoms with van der Waals surface area (Å²) in [5.41, 5.74) is 2.28. The zero-order valence-corrected chi connectivity index (χ0v) is 9.75. The van der Waals surface area contributed by atoms with E-state index in [2.05, 4.69) is 5.32 Å². The van der Waals surface area contributed by atoms with Crippen LogP contribution < -0.4 is 10.1 Å². The Kier molecular flexibility index (Phi) is 3.13. The van der Waals surface area contributed by atoms with E-state index in [0.29, 0.717) is 6.04 Å². The zero-order chi connectivity index (χ0) is 11.5. The van der Waals surface area contributed by atoms with Gasteiger partial charge in [-0.2, -0.15) is 0 Å². The molecule has 0 radical (unpaired) electrons. The van der Waals surface area contributed by atoms with Crippen molar-refractivity contribution >= 4 is 5.91 Å². The lowest BCUT2D eigenvalue weighted by atomic mass is 10.1. The van der Waals surface area contributed by atoms with Crippen molar-refractivity contribution in [2.75, 3.05) is 6.61 Å². The largest absolute Gasteiger partial charge is 0.483 e. The summed E-state index contributed by atoms with van der Waals surface area (Å²) in [6.07, 6.45) is 2.21. The zero-order valence-electron chi connectivity index (χ0n) is 9.75. The van der Waals surface area contributed by atoms with Crippen LogP contribution in [0.25, 0.3) is 0 Å². The van der Waals surface area contributed by atoms with Gasteiger partial charge < -0.3 is 10.1 Å². The molecule has 1 saturated carbocycles. The summed E-state index contributed by atoms with van der Waals surface area (Å²) < 4.78 is 5.50. The van der Waals surface area contributed by atoms with E-state index in [0.717, 1.165) is 24.2 Å². The molecular weight excluding hydrogens is 202 g/mol. The molecule has 0 bridgehead atoms. The third kappa shape index (κ3) is 2.75. The molecule has 1 amide bonds.